The quantitative estimate of drug-likeness (QED) is 0.824. The van der Waals surface area contributed by atoms with Crippen LogP contribution in [0.25, 0.3) is 0 Å². The SMILES string of the molecule is CN(CCc1ccc(Br)cc1)CC(=O)NCc1cccnc1. The zero-order valence-corrected chi connectivity index (χ0v) is 14.2. The van der Waals surface area contributed by atoms with Gasteiger partial charge in [-0.2, -0.15) is 0 Å². The number of likely N-dealkylation sites (N-methyl/N-ethyl adjacent to an activating group) is 1. The first kappa shape index (κ1) is 16.6. The lowest BCUT2D eigenvalue weighted by atomic mass is 10.1. The van der Waals surface area contributed by atoms with Crippen LogP contribution in [0.15, 0.2) is 53.3 Å². The molecule has 0 aliphatic carbocycles. The smallest absolute Gasteiger partial charge is 0.234 e. The van der Waals surface area contributed by atoms with E-state index in [0.29, 0.717) is 13.1 Å². The zero-order valence-electron chi connectivity index (χ0n) is 12.6. The van der Waals surface area contributed by atoms with Gasteiger partial charge in [-0.25, -0.2) is 0 Å². The summed E-state index contributed by atoms with van der Waals surface area (Å²) in [4.78, 5) is 18.0. The Bertz CT molecular complexity index is 587. The standard InChI is InChI=1S/C17H20BrN3O/c1-21(10-8-14-4-6-16(18)7-5-14)13-17(22)20-12-15-3-2-9-19-11-15/h2-7,9,11H,8,10,12-13H2,1H3,(H,20,22). The van der Waals surface area contributed by atoms with Crippen molar-refractivity contribution in [3.8, 4) is 0 Å². The van der Waals surface area contributed by atoms with Crippen molar-refractivity contribution in [2.24, 2.45) is 0 Å². The van der Waals surface area contributed by atoms with E-state index in [1.807, 2.05) is 36.2 Å². The number of nitrogens with one attached hydrogen (secondary N) is 1. The third-order valence-electron chi connectivity index (χ3n) is 3.32. The second-order valence-electron chi connectivity index (χ2n) is 5.25. The summed E-state index contributed by atoms with van der Waals surface area (Å²) in [5.41, 5.74) is 2.28. The number of rotatable bonds is 7. The van der Waals surface area contributed by atoms with Gasteiger partial charge in [0.2, 0.25) is 5.91 Å². The molecule has 2 rings (SSSR count). The predicted octanol–water partition coefficient (Wildman–Crippen LogP) is 2.63. The van der Waals surface area contributed by atoms with Gasteiger partial charge in [0.15, 0.2) is 0 Å². The molecule has 0 atom stereocenters. The van der Waals surface area contributed by atoms with Gasteiger partial charge in [0.25, 0.3) is 0 Å². The number of pyridine rings is 1. The van der Waals surface area contributed by atoms with Crippen molar-refractivity contribution in [2.75, 3.05) is 20.1 Å². The number of nitrogens with zero attached hydrogens (tertiary/aromatic N) is 2. The molecular formula is C17H20BrN3O. The minimum absolute atomic E-state index is 0.0298. The largest absolute Gasteiger partial charge is 0.351 e. The lowest BCUT2D eigenvalue weighted by molar-refractivity contribution is -0.122. The first-order valence-corrected chi connectivity index (χ1v) is 8.01. The van der Waals surface area contributed by atoms with Crippen molar-refractivity contribution in [2.45, 2.75) is 13.0 Å². The predicted molar refractivity (Wildman–Crippen MR) is 91.4 cm³/mol. The Labute approximate surface area is 139 Å². The van der Waals surface area contributed by atoms with E-state index in [1.54, 1.807) is 12.4 Å². The molecule has 0 bridgehead atoms. The maximum absolute atomic E-state index is 11.9. The van der Waals surface area contributed by atoms with Crippen molar-refractivity contribution in [1.29, 1.82) is 0 Å². The summed E-state index contributed by atoms with van der Waals surface area (Å²) in [7, 11) is 1.96. The van der Waals surface area contributed by atoms with Crippen molar-refractivity contribution >= 4 is 21.8 Å². The summed E-state index contributed by atoms with van der Waals surface area (Å²) >= 11 is 3.43. The number of halogens is 1. The van der Waals surface area contributed by atoms with Crippen LogP contribution in [0, 0.1) is 0 Å². The third kappa shape index (κ3) is 5.95. The molecule has 1 aromatic carbocycles. The molecule has 1 heterocycles. The van der Waals surface area contributed by atoms with Crippen LogP contribution in [-0.4, -0.2) is 35.9 Å². The van der Waals surface area contributed by atoms with Gasteiger partial charge in [-0.1, -0.05) is 34.1 Å². The monoisotopic (exact) mass is 361 g/mol. The highest BCUT2D eigenvalue weighted by Crippen LogP contribution is 2.11. The van der Waals surface area contributed by atoms with Crippen LogP contribution in [0.2, 0.25) is 0 Å². The summed E-state index contributed by atoms with van der Waals surface area (Å²) < 4.78 is 1.08. The highest BCUT2D eigenvalue weighted by atomic mass is 79.9. The van der Waals surface area contributed by atoms with Crippen LogP contribution in [0.3, 0.4) is 0 Å². The van der Waals surface area contributed by atoms with Crippen molar-refractivity contribution in [3.05, 3.63) is 64.4 Å². The molecule has 0 unspecified atom stereocenters. The van der Waals surface area contributed by atoms with E-state index in [4.69, 9.17) is 0 Å². The number of hydrogen-bond donors (Lipinski definition) is 1. The second kappa shape index (κ2) is 8.66. The molecular weight excluding hydrogens is 342 g/mol. The topological polar surface area (TPSA) is 45.2 Å². The Kier molecular flexibility index (Phi) is 6.55. The van der Waals surface area contributed by atoms with Crippen LogP contribution in [0.4, 0.5) is 0 Å². The molecule has 0 saturated heterocycles. The fourth-order valence-corrected chi connectivity index (χ4v) is 2.32. The third-order valence-corrected chi connectivity index (χ3v) is 3.85. The summed E-state index contributed by atoms with van der Waals surface area (Å²) in [5, 5.41) is 2.91. The summed E-state index contributed by atoms with van der Waals surface area (Å²) in [6.45, 7) is 1.77. The van der Waals surface area contributed by atoms with E-state index in [9.17, 15) is 4.79 Å². The first-order chi connectivity index (χ1) is 10.6. The Hall–Kier alpha value is -1.72. The molecule has 5 heteroatoms. The number of carbonyl (C=O) groups excluding carboxylic acids is 1. The fourth-order valence-electron chi connectivity index (χ4n) is 2.05. The van der Waals surface area contributed by atoms with Gasteiger partial charge in [-0.05, 0) is 42.8 Å². The maximum Gasteiger partial charge on any atom is 0.234 e. The molecule has 0 saturated carbocycles. The van der Waals surface area contributed by atoms with Crippen LogP contribution < -0.4 is 5.32 Å². The maximum atomic E-state index is 11.9. The molecule has 1 amide bonds. The lowest BCUT2D eigenvalue weighted by Gasteiger charge is -2.16. The molecule has 4 nitrogen and oxygen atoms in total. The van der Waals surface area contributed by atoms with Gasteiger partial charge >= 0.3 is 0 Å². The lowest BCUT2D eigenvalue weighted by Crippen LogP contribution is -2.35. The van der Waals surface area contributed by atoms with Gasteiger partial charge < -0.3 is 5.32 Å². The fraction of sp³-hybridized carbons (Fsp3) is 0.294. The van der Waals surface area contributed by atoms with E-state index in [-0.39, 0.29) is 5.91 Å². The van der Waals surface area contributed by atoms with E-state index < -0.39 is 0 Å². The van der Waals surface area contributed by atoms with Crippen molar-refractivity contribution in [3.63, 3.8) is 0 Å². The van der Waals surface area contributed by atoms with Gasteiger partial charge in [0.1, 0.15) is 0 Å². The molecule has 1 N–H and O–H groups in total. The molecule has 0 fully saturated rings. The van der Waals surface area contributed by atoms with Crippen molar-refractivity contribution in [1.82, 2.24) is 15.2 Å². The van der Waals surface area contributed by atoms with E-state index in [2.05, 4.69) is 38.4 Å². The minimum Gasteiger partial charge on any atom is -0.351 e. The van der Waals surface area contributed by atoms with Crippen LogP contribution in [0.5, 0.6) is 0 Å². The summed E-state index contributed by atoms with van der Waals surface area (Å²) in [6, 6.07) is 12.1. The summed E-state index contributed by atoms with van der Waals surface area (Å²) in [5.74, 6) is 0.0298. The average Bonchev–Trinajstić information content (AvgIpc) is 2.53. The van der Waals surface area contributed by atoms with Gasteiger partial charge in [0, 0.05) is 30.0 Å². The molecule has 0 aliphatic heterocycles. The van der Waals surface area contributed by atoms with Gasteiger partial charge in [-0.15, -0.1) is 0 Å². The minimum atomic E-state index is 0.0298. The number of amides is 1. The molecule has 0 radical (unpaired) electrons. The first-order valence-electron chi connectivity index (χ1n) is 7.22. The Balaban J connectivity index is 1.68. The molecule has 0 aliphatic rings. The van der Waals surface area contributed by atoms with Gasteiger partial charge in [-0.3, -0.25) is 14.7 Å². The number of benzene rings is 1. The number of aromatic nitrogens is 1. The zero-order chi connectivity index (χ0) is 15.8. The van der Waals surface area contributed by atoms with Crippen LogP contribution in [-0.2, 0) is 17.8 Å². The molecule has 2 aromatic rings. The Morgan fingerprint density at radius 3 is 2.68 bits per heavy atom. The Morgan fingerprint density at radius 1 is 1.23 bits per heavy atom. The highest BCUT2D eigenvalue weighted by molar-refractivity contribution is 9.10. The normalized spacial score (nSPS) is 10.7. The molecule has 22 heavy (non-hydrogen) atoms. The summed E-state index contributed by atoms with van der Waals surface area (Å²) in [6.07, 6.45) is 4.42. The molecule has 1 aromatic heterocycles. The highest BCUT2D eigenvalue weighted by Gasteiger charge is 2.06. The number of carbonyl (C=O) groups is 1. The molecule has 116 valence electrons. The van der Waals surface area contributed by atoms with Crippen LogP contribution >= 0.6 is 15.9 Å². The average molecular weight is 362 g/mol. The van der Waals surface area contributed by atoms with Gasteiger partial charge in [0.05, 0.1) is 6.54 Å². The number of hydrogen-bond acceptors (Lipinski definition) is 3. The van der Waals surface area contributed by atoms with E-state index in [1.165, 1.54) is 5.56 Å². The van der Waals surface area contributed by atoms with Crippen LogP contribution in [0.1, 0.15) is 11.1 Å². The second-order valence-corrected chi connectivity index (χ2v) is 6.17. The van der Waals surface area contributed by atoms with E-state index >= 15 is 0 Å². The van der Waals surface area contributed by atoms with E-state index in [0.717, 1.165) is 23.0 Å². The Morgan fingerprint density at radius 2 is 2.00 bits per heavy atom. The van der Waals surface area contributed by atoms with Crippen molar-refractivity contribution < 1.29 is 4.79 Å². The molecule has 0 spiro atoms.